The van der Waals surface area contributed by atoms with Gasteiger partial charge in [-0.2, -0.15) is 0 Å². The Labute approximate surface area is 219 Å². The van der Waals surface area contributed by atoms with Crippen LogP contribution < -0.4 is 24.3 Å². The number of thiazole rings is 1. The van der Waals surface area contributed by atoms with Gasteiger partial charge in [-0.3, -0.25) is 4.79 Å². The summed E-state index contributed by atoms with van der Waals surface area (Å²) in [5.74, 6) is 2.65. The van der Waals surface area contributed by atoms with Crippen LogP contribution in [0.2, 0.25) is 0 Å². The zero-order chi connectivity index (χ0) is 25.8. The maximum Gasteiger partial charge on any atom is 0.274 e. The van der Waals surface area contributed by atoms with Crippen molar-refractivity contribution in [2.45, 2.75) is 33.1 Å². The predicted octanol–water partition coefficient (Wildman–Crippen LogP) is 5.83. The Bertz CT molecular complexity index is 1620. The van der Waals surface area contributed by atoms with E-state index < -0.39 is 0 Å². The summed E-state index contributed by atoms with van der Waals surface area (Å²) in [6, 6.07) is 21.6. The highest BCUT2D eigenvalue weighted by molar-refractivity contribution is 7.15. The number of rotatable bonds is 10. The van der Waals surface area contributed by atoms with Crippen molar-refractivity contribution >= 4 is 33.4 Å². The summed E-state index contributed by atoms with van der Waals surface area (Å²) in [5.41, 5.74) is 3.76. The smallest absolute Gasteiger partial charge is 0.274 e. The van der Waals surface area contributed by atoms with Crippen LogP contribution in [0.1, 0.15) is 44.2 Å². The minimum Gasteiger partial charge on any atom is -0.490 e. The van der Waals surface area contributed by atoms with Gasteiger partial charge < -0.3 is 14.2 Å². The van der Waals surface area contributed by atoms with Crippen molar-refractivity contribution in [3.05, 3.63) is 92.7 Å². The van der Waals surface area contributed by atoms with E-state index in [1.165, 1.54) is 16.9 Å². The van der Waals surface area contributed by atoms with E-state index in [1.54, 1.807) is 4.40 Å². The highest BCUT2D eigenvalue weighted by Gasteiger charge is 2.12. The van der Waals surface area contributed by atoms with Crippen molar-refractivity contribution in [1.29, 1.82) is 0 Å². The molecule has 0 aliphatic carbocycles. The van der Waals surface area contributed by atoms with E-state index >= 15 is 0 Å². The van der Waals surface area contributed by atoms with Crippen molar-refractivity contribution in [1.82, 2.24) is 9.38 Å². The number of aromatic nitrogens is 2. The van der Waals surface area contributed by atoms with Crippen LogP contribution in [-0.4, -0.2) is 29.2 Å². The van der Waals surface area contributed by atoms with Crippen LogP contribution in [-0.2, 0) is 0 Å². The Kier molecular flexibility index (Phi) is 7.42. The van der Waals surface area contributed by atoms with Gasteiger partial charge in [-0.05, 0) is 72.9 Å². The minimum atomic E-state index is -0.0682. The summed E-state index contributed by atoms with van der Waals surface area (Å²) in [6.07, 6.45) is 2.98. The molecule has 0 amide bonds. The monoisotopic (exact) mass is 514 g/mol. The Morgan fingerprint density at radius 2 is 1.73 bits per heavy atom. The van der Waals surface area contributed by atoms with E-state index in [4.69, 9.17) is 14.2 Å². The molecule has 0 aliphatic heterocycles. The highest BCUT2D eigenvalue weighted by atomic mass is 32.1. The van der Waals surface area contributed by atoms with Crippen LogP contribution in [0.15, 0.2) is 71.5 Å². The summed E-state index contributed by atoms with van der Waals surface area (Å²) in [4.78, 5) is 18.4. The molecule has 0 saturated heterocycles. The average Bonchev–Trinajstić information content (AvgIpc) is 3.43. The first-order chi connectivity index (χ1) is 18.1. The van der Waals surface area contributed by atoms with Crippen molar-refractivity contribution in [3.63, 3.8) is 0 Å². The summed E-state index contributed by atoms with van der Waals surface area (Å²) < 4.78 is 19.9. The van der Waals surface area contributed by atoms with Crippen LogP contribution in [0.3, 0.4) is 0 Å². The molecular formula is C30H30N2O4S. The molecule has 37 heavy (non-hydrogen) atoms. The van der Waals surface area contributed by atoms with Gasteiger partial charge in [0.05, 0.1) is 22.2 Å². The van der Waals surface area contributed by atoms with Crippen LogP contribution in [0, 0.1) is 0 Å². The van der Waals surface area contributed by atoms with Crippen LogP contribution >= 0.6 is 11.3 Å². The quantitative estimate of drug-likeness (QED) is 0.220. The minimum absolute atomic E-state index is 0.0682. The van der Waals surface area contributed by atoms with E-state index in [2.05, 4.69) is 31.0 Å². The summed E-state index contributed by atoms with van der Waals surface area (Å²) >= 11 is 1.38. The Hall–Kier alpha value is -3.84. The second kappa shape index (κ2) is 11.0. The van der Waals surface area contributed by atoms with Gasteiger partial charge >= 0.3 is 0 Å². The van der Waals surface area contributed by atoms with Crippen molar-refractivity contribution in [3.8, 4) is 17.2 Å². The van der Waals surface area contributed by atoms with Crippen LogP contribution in [0.25, 0.3) is 22.1 Å². The van der Waals surface area contributed by atoms with Gasteiger partial charge in [0.25, 0.3) is 5.56 Å². The van der Waals surface area contributed by atoms with E-state index in [9.17, 15) is 4.79 Å². The third kappa shape index (κ3) is 5.32. The Morgan fingerprint density at radius 1 is 0.946 bits per heavy atom. The molecule has 1 atom stereocenters. The van der Waals surface area contributed by atoms with Gasteiger partial charge in [-0.15, -0.1) is 0 Å². The van der Waals surface area contributed by atoms with Crippen molar-refractivity contribution in [2.24, 2.45) is 0 Å². The molecule has 0 saturated carbocycles. The summed E-state index contributed by atoms with van der Waals surface area (Å²) in [6.45, 7) is 7.66. The third-order valence-electron chi connectivity index (χ3n) is 6.38. The first-order valence-electron chi connectivity index (χ1n) is 12.6. The summed E-state index contributed by atoms with van der Waals surface area (Å²) in [7, 11) is 0. The number of ether oxygens (including phenoxy) is 3. The zero-order valence-electron chi connectivity index (χ0n) is 21.3. The van der Waals surface area contributed by atoms with Gasteiger partial charge in [0.2, 0.25) is 0 Å². The molecule has 5 aromatic rings. The molecular weight excluding hydrogens is 484 g/mol. The second-order valence-corrected chi connectivity index (χ2v) is 9.86. The fourth-order valence-corrected chi connectivity index (χ4v) is 5.19. The van der Waals surface area contributed by atoms with Crippen LogP contribution in [0.4, 0.5) is 0 Å². The Morgan fingerprint density at radius 3 is 2.51 bits per heavy atom. The molecule has 5 rings (SSSR count). The van der Waals surface area contributed by atoms with E-state index in [0.717, 1.165) is 28.8 Å². The molecule has 1 unspecified atom stereocenters. The topological polar surface area (TPSA) is 62.1 Å². The van der Waals surface area contributed by atoms with Gasteiger partial charge in [-0.1, -0.05) is 55.5 Å². The van der Waals surface area contributed by atoms with E-state index in [1.807, 2.05) is 67.6 Å². The number of fused-ring (bicyclic) bond motifs is 3. The fourth-order valence-electron chi connectivity index (χ4n) is 4.20. The molecule has 2 aromatic heterocycles. The normalized spacial score (nSPS) is 12.8. The Balaban J connectivity index is 1.29. The molecule has 0 spiro atoms. The van der Waals surface area contributed by atoms with Gasteiger partial charge in [0.15, 0.2) is 16.5 Å². The van der Waals surface area contributed by atoms with E-state index in [0.29, 0.717) is 46.7 Å². The molecule has 0 radical (unpaired) electrons. The second-order valence-electron chi connectivity index (χ2n) is 8.85. The molecule has 3 aromatic carbocycles. The lowest BCUT2D eigenvalue weighted by atomic mass is 9.99. The van der Waals surface area contributed by atoms with Crippen molar-refractivity contribution in [2.75, 3.05) is 19.8 Å². The van der Waals surface area contributed by atoms with Gasteiger partial charge in [-0.25, -0.2) is 9.38 Å². The molecule has 0 N–H and O–H groups in total. The number of para-hydroxylation sites is 2. The molecule has 0 fully saturated rings. The lowest BCUT2D eigenvalue weighted by molar-refractivity contribution is 0.208. The molecule has 0 bridgehead atoms. The standard InChI is InChI=1S/C30H30N2O4S/c1-4-20(3)22-11-13-23(14-12-22)35-16-17-36-26-15-10-21(18-27(26)34-5-2)19-28-29(33)32-25-9-7-6-8-24(25)31-30(32)37-28/h6-15,18-20H,4-5,16-17H2,1-3H3. The predicted molar refractivity (Wildman–Crippen MR) is 149 cm³/mol. The number of hydrogen-bond donors (Lipinski definition) is 0. The van der Waals surface area contributed by atoms with Gasteiger partial charge in [0, 0.05) is 0 Å². The third-order valence-corrected chi connectivity index (χ3v) is 7.35. The SMILES string of the molecule is CCOc1cc(C=c2sc3nc4ccccc4n3c2=O)ccc1OCCOc1ccc(C(C)CC)cc1. The number of nitrogens with zero attached hydrogens (tertiary/aromatic N) is 2. The average molecular weight is 515 g/mol. The fraction of sp³-hybridized carbons (Fsp3) is 0.267. The number of imidazole rings is 1. The first kappa shape index (κ1) is 24.8. The highest BCUT2D eigenvalue weighted by Crippen LogP contribution is 2.29. The van der Waals surface area contributed by atoms with E-state index in [-0.39, 0.29) is 5.56 Å². The first-order valence-corrected chi connectivity index (χ1v) is 13.4. The molecule has 2 heterocycles. The lowest BCUT2D eigenvalue weighted by Crippen LogP contribution is -2.22. The molecule has 0 aliphatic rings. The number of benzene rings is 3. The lowest BCUT2D eigenvalue weighted by Gasteiger charge is -2.14. The summed E-state index contributed by atoms with van der Waals surface area (Å²) in [5, 5.41) is 0. The van der Waals surface area contributed by atoms with Crippen LogP contribution in [0.5, 0.6) is 17.2 Å². The number of hydrogen-bond acceptors (Lipinski definition) is 6. The zero-order valence-corrected chi connectivity index (χ0v) is 22.1. The van der Waals surface area contributed by atoms with Crippen molar-refractivity contribution < 1.29 is 14.2 Å². The maximum absolute atomic E-state index is 13.1. The maximum atomic E-state index is 13.1. The molecule has 190 valence electrons. The molecule has 7 heteroatoms. The molecule has 6 nitrogen and oxygen atoms in total. The largest absolute Gasteiger partial charge is 0.490 e. The van der Waals surface area contributed by atoms with Gasteiger partial charge in [0.1, 0.15) is 19.0 Å².